The number of esters is 1. The molecule has 4 nitrogen and oxygen atoms in total. The van der Waals surface area contributed by atoms with Crippen molar-refractivity contribution in [3.05, 3.63) is 46.0 Å². The smallest absolute Gasteiger partial charge is 0.310 e. The molecule has 0 aliphatic heterocycles. The van der Waals surface area contributed by atoms with Gasteiger partial charge in [0.25, 0.3) is 0 Å². The third kappa shape index (κ3) is 2.03. The van der Waals surface area contributed by atoms with E-state index in [9.17, 15) is 18.4 Å². The van der Waals surface area contributed by atoms with Crippen LogP contribution in [0.3, 0.4) is 0 Å². The number of carbonyl (C=O) groups is 2. The number of allylic oxidation sites excluding steroid dienone is 2. The lowest BCUT2D eigenvalue weighted by Gasteiger charge is -2.38. The highest BCUT2D eigenvalue weighted by Gasteiger charge is 2.76. The Bertz CT molecular complexity index is 851. The number of carbonyl (C=O) groups excluding carboxylic acids is 2. The topological polar surface area (TPSA) is 69.4 Å². The first-order valence-electron chi connectivity index (χ1n) is 8.48. The summed E-state index contributed by atoms with van der Waals surface area (Å²) >= 11 is 2.95. The predicted molar refractivity (Wildman–Crippen MR) is 92.7 cm³/mol. The second-order valence-electron chi connectivity index (χ2n) is 7.54. The molecule has 7 heteroatoms. The van der Waals surface area contributed by atoms with Crippen LogP contribution in [-0.4, -0.2) is 19.0 Å². The van der Waals surface area contributed by atoms with Gasteiger partial charge in [-0.1, -0.05) is 18.2 Å². The van der Waals surface area contributed by atoms with E-state index in [4.69, 9.17) is 10.5 Å². The lowest BCUT2D eigenvalue weighted by Crippen LogP contribution is -2.51. The van der Waals surface area contributed by atoms with Crippen molar-refractivity contribution in [2.75, 3.05) is 7.11 Å². The molecule has 0 unspecified atom stereocenters. The van der Waals surface area contributed by atoms with Gasteiger partial charge in [0, 0.05) is 0 Å². The van der Waals surface area contributed by atoms with Gasteiger partial charge in [-0.3, -0.25) is 9.59 Å². The molecule has 1 aromatic carbocycles. The van der Waals surface area contributed by atoms with Crippen molar-refractivity contribution in [1.29, 1.82) is 0 Å². The molecule has 2 N–H and O–H groups in total. The Labute approximate surface area is 157 Å². The standard InChI is InChI=1S/C19H18BrF2NO3/c1-26-16(24)13-10-3-5-12(18(10)6-7-18)19(13,17(23)25)8-9-2-4-11(20)15(22)14(9)21/h2-5,10,12-13H,6-8H2,1H3,(H2,23,25)/t10-,12+,13+,19-/m1/s1. The SMILES string of the molecule is COC(=O)[C@@H]1[C@H]2C=C[C@@H](C23CC3)[C@@]1(Cc1ccc(Br)c(F)c1F)C(N)=O. The number of ether oxygens (including phenoxy) is 1. The average molecular weight is 426 g/mol. The summed E-state index contributed by atoms with van der Waals surface area (Å²) < 4.78 is 33.5. The minimum absolute atomic E-state index is 0.00268. The Morgan fingerprint density at radius 2 is 1.96 bits per heavy atom. The molecule has 138 valence electrons. The molecule has 3 aliphatic rings. The van der Waals surface area contributed by atoms with E-state index in [0.29, 0.717) is 0 Å². The van der Waals surface area contributed by atoms with Crippen molar-refractivity contribution in [1.82, 2.24) is 0 Å². The van der Waals surface area contributed by atoms with Crippen molar-refractivity contribution >= 4 is 27.8 Å². The van der Waals surface area contributed by atoms with Crippen LogP contribution in [0.15, 0.2) is 28.8 Å². The van der Waals surface area contributed by atoms with Crippen LogP contribution in [-0.2, 0) is 20.7 Å². The van der Waals surface area contributed by atoms with Crippen molar-refractivity contribution in [2.45, 2.75) is 19.3 Å². The molecule has 1 aromatic rings. The van der Waals surface area contributed by atoms with Gasteiger partial charge in [-0.15, -0.1) is 0 Å². The van der Waals surface area contributed by atoms with Gasteiger partial charge in [0.2, 0.25) is 5.91 Å². The van der Waals surface area contributed by atoms with E-state index in [0.717, 1.165) is 12.8 Å². The van der Waals surface area contributed by atoms with Crippen molar-refractivity contribution < 1.29 is 23.1 Å². The number of halogens is 3. The molecule has 1 spiro atoms. The second kappa shape index (κ2) is 5.62. The van der Waals surface area contributed by atoms with E-state index in [2.05, 4.69) is 15.9 Å². The van der Waals surface area contributed by atoms with Crippen molar-refractivity contribution in [2.24, 2.45) is 34.3 Å². The molecule has 2 saturated carbocycles. The molecule has 0 heterocycles. The fourth-order valence-electron chi connectivity index (χ4n) is 5.37. The highest BCUT2D eigenvalue weighted by atomic mass is 79.9. The zero-order valence-electron chi connectivity index (χ0n) is 14.1. The average Bonchev–Trinajstić information content (AvgIpc) is 3.28. The van der Waals surface area contributed by atoms with Crippen LogP contribution >= 0.6 is 15.9 Å². The number of hydrogen-bond donors (Lipinski definition) is 1. The third-order valence-corrected chi connectivity index (χ3v) is 7.21. The van der Waals surface area contributed by atoms with E-state index in [1.807, 2.05) is 12.2 Å². The largest absolute Gasteiger partial charge is 0.469 e. The first kappa shape index (κ1) is 17.6. The molecule has 4 atom stereocenters. The fraction of sp³-hybridized carbons (Fsp3) is 0.474. The molecular weight excluding hydrogens is 408 g/mol. The molecule has 0 saturated heterocycles. The van der Waals surface area contributed by atoms with Crippen LogP contribution in [0, 0.1) is 40.2 Å². The summed E-state index contributed by atoms with van der Waals surface area (Å²) in [5, 5.41) is 0. The minimum atomic E-state index is -1.32. The molecule has 3 aliphatic carbocycles. The second-order valence-corrected chi connectivity index (χ2v) is 8.39. The van der Waals surface area contributed by atoms with Gasteiger partial charge >= 0.3 is 5.97 Å². The zero-order valence-corrected chi connectivity index (χ0v) is 15.7. The quantitative estimate of drug-likeness (QED) is 0.457. The molecule has 2 fully saturated rings. The summed E-state index contributed by atoms with van der Waals surface area (Å²) in [5.41, 5.74) is 4.35. The Balaban J connectivity index is 1.86. The number of methoxy groups -OCH3 is 1. The normalized spacial score (nSPS) is 32.8. The summed E-state index contributed by atoms with van der Waals surface area (Å²) in [6.45, 7) is 0. The maximum absolute atomic E-state index is 14.5. The number of amides is 1. The summed E-state index contributed by atoms with van der Waals surface area (Å²) in [4.78, 5) is 25.3. The molecule has 26 heavy (non-hydrogen) atoms. The summed E-state index contributed by atoms with van der Waals surface area (Å²) in [7, 11) is 1.27. The van der Waals surface area contributed by atoms with E-state index in [-0.39, 0.29) is 33.7 Å². The summed E-state index contributed by atoms with van der Waals surface area (Å²) in [6, 6.07) is 2.82. The monoisotopic (exact) mass is 425 g/mol. The number of hydrogen-bond acceptors (Lipinski definition) is 3. The lowest BCUT2D eigenvalue weighted by molar-refractivity contribution is -0.156. The number of nitrogens with two attached hydrogens (primary N) is 1. The Kier molecular flexibility index (Phi) is 3.81. The Hall–Kier alpha value is -1.76. The van der Waals surface area contributed by atoms with E-state index < -0.39 is 34.8 Å². The van der Waals surface area contributed by atoms with Crippen LogP contribution in [0.1, 0.15) is 18.4 Å². The van der Waals surface area contributed by atoms with Crippen LogP contribution in [0.2, 0.25) is 0 Å². The van der Waals surface area contributed by atoms with Crippen molar-refractivity contribution in [3.63, 3.8) is 0 Å². The molecule has 0 aromatic heterocycles. The number of primary amides is 1. The van der Waals surface area contributed by atoms with Gasteiger partial charge in [-0.2, -0.15) is 0 Å². The van der Waals surface area contributed by atoms with Gasteiger partial charge in [0.15, 0.2) is 11.6 Å². The van der Waals surface area contributed by atoms with Crippen molar-refractivity contribution in [3.8, 4) is 0 Å². The number of rotatable bonds is 4. The summed E-state index contributed by atoms with van der Waals surface area (Å²) in [6.07, 6.45) is 5.52. The Morgan fingerprint density at radius 3 is 2.54 bits per heavy atom. The van der Waals surface area contributed by atoms with E-state index in [1.165, 1.54) is 19.2 Å². The van der Waals surface area contributed by atoms with Crippen LogP contribution < -0.4 is 5.73 Å². The van der Waals surface area contributed by atoms with Crippen LogP contribution in [0.5, 0.6) is 0 Å². The van der Waals surface area contributed by atoms with E-state index >= 15 is 0 Å². The first-order chi connectivity index (χ1) is 12.3. The highest BCUT2D eigenvalue weighted by Crippen LogP contribution is 2.76. The highest BCUT2D eigenvalue weighted by molar-refractivity contribution is 9.10. The molecular formula is C19H18BrF2NO3. The maximum atomic E-state index is 14.5. The Morgan fingerprint density at radius 1 is 1.27 bits per heavy atom. The minimum Gasteiger partial charge on any atom is -0.469 e. The van der Waals surface area contributed by atoms with Gasteiger partial charge in [-0.05, 0) is 64.1 Å². The number of benzene rings is 1. The zero-order chi connectivity index (χ0) is 18.9. The molecule has 2 bridgehead atoms. The third-order valence-electron chi connectivity index (χ3n) is 6.60. The molecule has 0 radical (unpaired) electrons. The predicted octanol–water partition coefficient (Wildman–Crippen LogP) is 3.13. The summed E-state index contributed by atoms with van der Waals surface area (Å²) in [5.74, 6) is -4.45. The van der Waals surface area contributed by atoms with E-state index in [1.54, 1.807) is 0 Å². The maximum Gasteiger partial charge on any atom is 0.310 e. The lowest BCUT2D eigenvalue weighted by atomic mass is 9.64. The molecule has 4 rings (SSSR count). The van der Waals surface area contributed by atoms with Gasteiger partial charge < -0.3 is 10.5 Å². The van der Waals surface area contributed by atoms with Gasteiger partial charge in [-0.25, -0.2) is 8.78 Å². The van der Waals surface area contributed by atoms with Gasteiger partial charge in [0.05, 0.1) is 22.9 Å². The molecule has 1 amide bonds. The fourth-order valence-corrected chi connectivity index (χ4v) is 5.67. The van der Waals surface area contributed by atoms with Crippen LogP contribution in [0.25, 0.3) is 0 Å². The van der Waals surface area contributed by atoms with Gasteiger partial charge in [0.1, 0.15) is 0 Å². The first-order valence-corrected chi connectivity index (χ1v) is 9.27. The van der Waals surface area contributed by atoms with Crippen LogP contribution in [0.4, 0.5) is 8.78 Å².